The second-order valence-corrected chi connectivity index (χ2v) is 17.3. The van der Waals surface area contributed by atoms with Crippen LogP contribution in [0, 0.1) is 18.8 Å². The Hall–Kier alpha value is -5.90. The molecule has 5 nitrogen and oxygen atoms in total. The van der Waals surface area contributed by atoms with Crippen LogP contribution in [-0.4, -0.2) is 9.55 Å². The van der Waals surface area contributed by atoms with E-state index in [2.05, 4.69) is 227 Å². The van der Waals surface area contributed by atoms with Gasteiger partial charge in [0.1, 0.15) is 5.82 Å². The Balaban J connectivity index is 0.00000499. The molecular weight excluding hydrogens is 916 g/mol. The fraction of sp³-hybridized carbons (Fsp3) is 0.185. The standard InChI is InChI=1S/C54H49N4O.Pt/c1-37(2)46-17-11-12-18-47(46)38-31-43(57-30-29-56(36-57)42-23-21-40(22-24-42)54(6,7)39-15-9-8-10-16-39)34-45(32-38)59-44-25-26-49-48-19-13-14-20-50(48)58(51(49)35-44)52-33-41(27-28-55-52)53(3,4)5;/h8-33,36-37H,1-7H3;/q-3;. The minimum Gasteiger partial charge on any atom is -0.509 e. The first-order chi connectivity index (χ1) is 28.4. The minimum absolute atomic E-state index is 0. The van der Waals surface area contributed by atoms with E-state index in [-0.39, 0.29) is 31.9 Å². The van der Waals surface area contributed by atoms with Gasteiger partial charge in [-0.1, -0.05) is 139 Å². The molecule has 60 heavy (non-hydrogen) atoms. The number of benzene rings is 6. The van der Waals surface area contributed by atoms with E-state index in [0.29, 0.717) is 17.4 Å². The molecule has 2 aromatic heterocycles. The molecule has 0 spiro atoms. The zero-order valence-corrected chi connectivity index (χ0v) is 37.5. The van der Waals surface area contributed by atoms with Gasteiger partial charge in [0.15, 0.2) is 0 Å². The monoisotopic (exact) mass is 964 g/mol. The van der Waals surface area contributed by atoms with Crippen molar-refractivity contribution < 1.29 is 25.8 Å². The molecule has 0 fully saturated rings. The van der Waals surface area contributed by atoms with Gasteiger partial charge in [-0.2, -0.15) is 6.07 Å². The summed E-state index contributed by atoms with van der Waals surface area (Å²) in [6.07, 6.45) is 6.06. The summed E-state index contributed by atoms with van der Waals surface area (Å²) in [4.78, 5) is 9.11. The third kappa shape index (κ3) is 7.80. The molecule has 0 unspecified atom stereocenters. The second-order valence-electron chi connectivity index (χ2n) is 17.3. The Morgan fingerprint density at radius 1 is 0.633 bits per heavy atom. The molecule has 304 valence electrons. The number of ether oxygens (including phenoxy) is 1. The van der Waals surface area contributed by atoms with Crippen LogP contribution in [0.2, 0.25) is 0 Å². The van der Waals surface area contributed by atoms with Crippen molar-refractivity contribution in [2.45, 2.75) is 65.2 Å². The second kappa shape index (κ2) is 16.3. The van der Waals surface area contributed by atoms with Crippen molar-refractivity contribution in [2.24, 2.45) is 0 Å². The summed E-state index contributed by atoms with van der Waals surface area (Å²) in [6.45, 7) is 17.8. The Morgan fingerprint density at radius 2 is 1.33 bits per heavy atom. The molecule has 6 aromatic carbocycles. The van der Waals surface area contributed by atoms with Crippen molar-refractivity contribution in [2.75, 3.05) is 9.80 Å². The van der Waals surface area contributed by atoms with Crippen LogP contribution in [0.5, 0.6) is 11.5 Å². The molecule has 1 aliphatic heterocycles. The molecule has 0 atom stereocenters. The van der Waals surface area contributed by atoms with Crippen LogP contribution in [-0.2, 0) is 31.9 Å². The Labute approximate surface area is 369 Å². The first-order valence-corrected chi connectivity index (χ1v) is 20.5. The van der Waals surface area contributed by atoms with Gasteiger partial charge in [-0.15, -0.1) is 53.6 Å². The maximum Gasteiger partial charge on any atom is 0.135 e. The molecule has 0 saturated heterocycles. The van der Waals surface area contributed by atoms with Crippen molar-refractivity contribution >= 4 is 33.2 Å². The normalized spacial score (nSPS) is 13.1. The van der Waals surface area contributed by atoms with Gasteiger partial charge >= 0.3 is 0 Å². The maximum absolute atomic E-state index is 6.78. The fourth-order valence-electron chi connectivity index (χ4n) is 8.16. The molecule has 0 amide bonds. The summed E-state index contributed by atoms with van der Waals surface area (Å²) in [5.41, 5.74) is 11.1. The van der Waals surface area contributed by atoms with Crippen molar-refractivity contribution in [3.05, 3.63) is 199 Å². The molecule has 0 saturated carbocycles. The summed E-state index contributed by atoms with van der Waals surface area (Å²) in [6, 6.07) is 56.6. The summed E-state index contributed by atoms with van der Waals surface area (Å²) < 4.78 is 8.98. The van der Waals surface area contributed by atoms with E-state index in [1.54, 1.807) is 0 Å². The van der Waals surface area contributed by atoms with E-state index in [1.165, 1.54) is 27.8 Å². The van der Waals surface area contributed by atoms with E-state index in [4.69, 9.17) is 9.72 Å². The summed E-state index contributed by atoms with van der Waals surface area (Å²) in [5, 5.41) is 2.23. The van der Waals surface area contributed by atoms with Crippen molar-refractivity contribution in [1.82, 2.24) is 9.55 Å². The van der Waals surface area contributed by atoms with E-state index < -0.39 is 0 Å². The number of anilines is 2. The molecule has 0 bridgehead atoms. The first-order valence-electron chi connectivity index (χ1n) is 20.5. The van der Waals surface area contributed by atoms with Gasteiger partial charge in [-0.3, -0.25) is 0 Å². The van der Waals surface area contributed by atoms with E-state index in [1.807, 2.05) is 12.3 Å². The SMILES string of the molecule is CC(C)c1ccccc1-c1cc(Oc2[c-]c3c(cc2)c2ccccc2n3-c2cc(C(C)(C)C)ccn2)[c-]c(N2C=CN(c3ccc(C(C)(C)c4ccccc4)cc3)[CH-]2)c1.[Pt]. The average Bonchev–Trinajstić information content (AvgIpc) is 3.87. The number of hydrogen-bond donors (Lipinski definition) is 0. The number of pyridine rings is 1. The smallest absolute Gasteiger partial charge is 0.135 e. The van der Waals surface area contributed by atoms with Crippen LogP contribution in [0.3, 0.4) is 0 Å². The third-order valence-electron chi connectivity index (χ3n) is 11.6. The number of aromatic nitrogens is 2. The minimum atomic E-state index is -0.110. The summed E-state index contributed by atoms with van der Waals surface area (Å²) in [7, 11) is 0. The van der Waals surface area contributed by atoms with E-state index in [0.717, 1.165) is 44.6 Å². The molecule has 0 radical (unpaired) electrons. The predicted octanol–water partition coefficient (Wildman–Crippen LogP) is 13.9. The van der Waals surface area contributed by atoms with Gasteiger partial charge in [0, 0.05) is 55.4 Å². The largest absolute Gasteiger partial charge is 0.509 e. The molecule has 6 heteroatoms. The van der Waals surface area contributed by atoms with Crippen LogP contribution < -0.4 is 14.5 Å². The quantitative estimate of drug-likeness (QED) is 0.135. The summed E-state index contributed by atoms with van der Waals surface area (Å²) >= 11 is 0. The Morgan fingerprint density at radius 3 is 2.10 bits per heavy atom. The summed E-state index contributed by atoms with van der Waals surface area (Å²) in [5.74, 6) is 2.41. The van der Waals surface area contributed by atoms with Gasteiger partial charge in [0.2, 0.25) is 0 Å². The van der Waals surface area contributed by atoms with Crippen molar-refractivity contribution in [3.63, 3.8) is 0 Å². The van der Waals surface area contributed by atoms with Crippen LogP contribution in [0.15, 0.2) is 158 Å². The van der Waals surface area contributed by atoms with Crippen LogP contribution in [0.25, 0.3) is 38.8 Å². The molecule has 8 aromatic rings. The van der Waals surface area contributed by atoms with Gasteiger partial charge < -0.3 is 19.1 Å². The number of fused-ring (bicyclic) bond motifs is 3. The fourth-order valence-corrected chi connectivity index (χ4v) is 8.16. The van der Waals surface area contributed by atoms with E-state index >= 15 is 0 Å². The average molecular weight is 965 g/mol. The first kappa shape index (κ1) is 40.9. The molecular formula is C54H49N4OPt-3. The maximum atomic E-state index is 6.78. The van der Waals surface area contributed by atoms with Crippen LogP contribution in [0.1, 0.15) is 76.6 Å². The third-order valence-corrected chi connectivity index (χ3v) is 11.6. The molecule has 3 heterocycles. The van der Waals surface area contributed by atoms with Gasteiger partial charge in [0.25, 0.3) is 0 Å². The zero-order chi connectivity index (χ0) is 40.9. The topological polar surface area (TPSA) is 33.5 Å². The number of rotatable bonds is 9. The molecule has 9 rings (SSSR count). The van der Waals surface area contributed by atoms with Crippen LogP contribution in [0.4, 0.5) is 11.4 Å². The molecule has 0 aliphatic carbocycles. The Kier molecular flexibility index (Phi) is 11.1. The van der Waals surface area contributed by atoms with Crippen LogP contribution >= 0.6 is 0 Å². The number of hydrogen-bond acceptors (Lipinski definition) is 4. The van der Waals surface area contributed by atoms with Gasteiger partial charge in [-0.05, 0) is 87.3 Å². The zero-order valence-electron chi connectivity index (χ0n) is 35.2. The number of para-hydroxylation sites is 1. The van der Waals surface area contributed by atoms with Crippen molar-refractivity contribution in [1.29, 1.82) is 0 Å². The predicted molar refractivity (Wildman–Crippen MR) is 244 cm³/mol. The van der Waals surface area contributed by atoms with Gasteiger partial charge in [0.05, 0.1) is 0 Å². The molecule has 0 N–H and O–H groups in total. The Bertz CT molecular complexity index is 2830. The van der Waals surface area contributed by atoms with Crippen molar-refractivity contribution in [3.8, 4) is 28.4 Å². The van der Waals surface area contributed by atoms with E-state index in [9.17, 15) is 0 Å². The molecule has 1 aliphatic rings. The van der Waals surface area contributed by atoms with Gasteiger partial charge in [-0.25, -0.2) is 4.98 Å². The number of nitrogens with zero attached hydrogens (tertiary/aromatic N) is 4.